The number of H-pyrrole nitrogens is 1. The normalized spacial score (nSPS) is 16.5. The zero-order valence-corrected chi connectivity index (χ0v) is 14.6. The number of carboxylic acids is 1. The number of amides is 1. The van der Waals surface area contributed by atoms with Gasteiger partial charge in [-0.3, -0.25) is 9.89 Å². The van der Waals surface area contributed by atoms with E-state index in [1.54, 1.807) is 0 Å². The second kappa shape index (κ2) is 6.76. The molecule has 1 aromatic heterocycles. The van der Waals surface area contributed by atoms with Crippen LogP contribution in [0.4, 0.5) is 0 Å². The Labute approximate surface area is 147 Å². The van der Waals surface area contributed by atoms with Crippen molar-refractivity contribution in [3.05, 3.63) is 40.5 Å². The fourth-order valence-electron chi connectivity index (χ4n) is 3.09. The van der Waals surface area contributed by atoms with Gasteiger partial charge < -0.3 is 10.4 Å². The number of aliphatic carboxylic acids is 1. The Morgan fingerprint density at radius 2 is 1.83 bits per heavy atom. The summed E-state index contributed by atoms with van der Waals surface area (Å²) in [5.41, 5.74) is 0.534. The highest BCUT2D eigenvalue weighted by atomic mass is 79.9. The van der Waals surface area contributed by atoms with E-state index in [0.717, 1.165) is 24.8 Å². The van der Waals surface area contributed by atoms with Crippen LogP contribution in [0.15, 0.2) is 34.8 Å². The zero-order chi connectivity index (χ0) is 17.2. The summed E-state index contributed by atoms with van der Waals surface area (Å²) in [5, 5.41) is 19.2. The first-order valence-corrected chi connectivity index (χ1v) is 8.68. The number of hydrogen-bond donors (Lipinski definition) is 3. The summed E-state index contributed by atoms with van der Waals surface area (Å²) < 4.78 is 0.530. The van der Waals surface area contributed by atoms with E-state index in [4.69, 9.17) is 0 Å². The van der Waals surface area contributed by atoms with Crippen molar-refractivity contribution in [1.29, 1.82) is 0 Å². The summed E-state index contributed by atoms with van der Waals surface area (Å²) in [6.45, 7) is 0. The molecule has 3 rings (SSSR count). The molecule has 6 nitrogen and oxygen atoms in total. The number of aromatic amines is 1. The lowest BCUT2D eigenvalue weighted by Gasteiger charge is -2.33. The second-order valence-electron chi connectivity index (χ2n) is 6.03. The molecule has 24 heavy (non-hydrogen) atoms. The van der Waals surface area contributed by atoms with Crippen molar-refractivity contribution in [1.82, 2.24) is 15.5 Å². The summed E-state index contributed by atoms with van der Waals surface area (Å²) in [7, 11) is 0. The first-order valence-electron chi connectivity index (χ1n) is 7.89. The van der Waals surface area contributed by atoms with Gasteiger partial charge >= 0.3 is 5.97 Å². The molecule has 1 aliphatic carbocycles. The predicted molar refractivity (Wildman–Crippen MR) is 92.6 cm³/mol. The van der Waals surface area contributed by atoms with Crippen LogP contribution >= 0.6 is 15.9 Å². The van der Waals surface area contributed by atoms with E-state index in [0.29, 0.717) is 23.0 Å². The van der Waals surface area contributed by atoms with Gasteiger partial charge in [0.05, 0.1) is 4.47 Å². The highest BCUT2D eigenvalue weighted by Crippen LogP contribution is 2.31. The molecule has 0 unspecified atom stereocenters. The summed E-state index contributed by atoms with van der Waals surface area (Å²) in [4.78, 5) is 24.3. The minimum atomic E-state index is -1.19. The van der Waals surface area contributed by atoms with Crippen molar-refractivity contribution in [2.24, 2.45) is 0 Å². The molecule has 0 atom stereocenters. The lowest BCUT2D eigenvalue weighted by molar-refractivity contribution is -0.145. The molecule has 0 bridgehead atoms. The van der Waals surface area contributed by atoms with Gasteiger partial charge in [0.2, 0.25) is 0 Å². The summed E-state index contributed by atoms with van der Waals surface area (Å²) in [6, 6.07) is 9.46. The maximum absolute atomic E-state index is 12.6. The van der Waals surface area contributed by atoms with Crippen LogP contribution in [0.25, 0.3) is 11.3 Å². The fourth-order valence-corrected chi connectivity index (χ4v) is 3.68. The number of halogens is 1. The van der Waals surface area contributed by atoms with Gasteiger partial charge in [-0.05, 0) is 28.8 Å². The molecule has 1 aromatic carbocycles. The SMILES string of the molecule is O=C(NC1(C(=O)O)CCCCC1)c1[nH]nc(-c2ccccc2)c1Br. The van der Waals surface area contributed by atoms with Crippen molar-refractivity contribution in [3.63, 3.8) is 0 Å². The molecule has 0 saturated heterocycles. The third kappa shape index (κ3) is 3.08. The van der Waals surface area contributed by atoms with Crippen molar-refractivity contribution < 1.29 is 14.7 Å². The number of carbonyl (C=O) groups excluding carboxylic acids is 1. The van der Waals surface area contributed by atoms with Crippen molar-refractivity contribution >= 4 is 27.8 Å². The molecule has 7 heteroatoms. The number of nitrogens with one attached hydrogen (secondary N) is 2. The molecule has 1 aliphatic rings. The number of carboxylic acid groups (broad SMARTS) is 1. The number of hydrogen-bond acceptors (Lipinski definition) is 3. The number of aromatic nitrogens is 2. The van der Waals surface area contributed by atoms with Gasteiger partial charge in [0.1, 0.15) is 16.9 Å². The van der Waals surface area contributed by atoms with Crippen LogP contribution in [0.1, 0.15) is 42.6 Å². The highest BCUT2D eigenvalue weighted by molar-refractivity contribution is 9.10. The zero-order valence-electron chi connectivity index (χ0n) is 13.0. The van der Waals surface area contributed by atoms with Crippen molar-refractivity contribution in [2.75, 3.05) is 0 Å². The van der Waals surface area contributed by atoms with Crippen LogP contribution in [0.2, 0.25) is 0 Å². The molecule has 1 fully saturated rings. The molecular formula is C17H18BrN3O3. The van der Waals surface area contributed by atoms with Gasteiger partial charge in [-0.1, -0.05) is 49.6 Å². The monoisotopic (exact) mass is 391 g/mol. The first kappa shape index (κ1) is 16.7. The molecule has 0 radical (unpaired) electrons. The van der Waals surface area contributed by atoms with Crippen LogP contribution in [0.3, 0.4) is 0 Å². The van der Waals surface area contributed by atoms with Gasteiger partial charge in [-0.15, -0.1) is 0 Å². The van der Waals surface area contributed by atoms with E-state index >= 15 is 0 Å². The van der Waals surface area contributed by atoms with E-state index in [2.05, 4.69) is 31.4 Å². The smallest absolute Gasteiger partial charge is 0.329 e. The molecule has 1 amide bonds. The van der Waals surface area contributed by atoms with E-state index in [-0.39, 0.29) is 5.69 Å². The quantitative estimate of drug-likeness (QED) is 0.744. The van der Waals surface area contributed by atoms with Crippen LogP contribution in [-0.2, 0) is 4.79 Å². The maximum Gasteiger partial charge on any atom is 0.329 e. The third-order valence-electron chi connectivity index (χ3n) is 4.45. The topological polar surface area (TPSA) is 95.1 Å². The molecule has 126 valence electrons. The Morgan fingerprint density at radius 3 is 2.46 bits per heavy atom. The van der Waals surface area contributed by atoms with Crippen LogP contribution < -0.4 is 5.32 Å². The molecule has 0 spiro atoms. The second-order valence-corrected chi connectivity index (χ2v) is 6.82. The standard InChI is InChI=1S/C17H18BrN3O3/c18-12-13(11-7-3-1-4-8-11)20-21-14(12)15(22)19-17(16(23)24)9-5-2-6-10-17/h1,3-4,7-8H,2,5-6,9-10H2,(H,19,22)(H,20,21)(H,23,24). The third-order valence-corrected chi connectivity index (χ3v) is 5.22. The fraction of sp³-hybridized carbons (Fsp3) is 0.353. The minimum Gasteiger partial charge on any atom is -0.480 e. The average Bonchev–Trinajstić information content (AvgIpc) is 2.98. The highest BCUT2D eigenvalue weighted by Gasteiger charge is 2.41. The summed E-state index contributed by atoms with van der Waals surface area (Å²) in [5.74, 6) is -1.43. The largest absolute Gasteiger partial charge is 0.480 e. The van der Waals surface area contributed by atoms with E-state index < -0.39 is 17.4 Å². The van der Waals surface area contributed by atoms with E-state index in [9.17, 15) is 14.7 Å². The summed E-state index contributed by atoms with van der Waals surface area (Å²) >= 11 is 3.41. The molecule has 3 N–H and O–H groups in total. The molecule has 1 saturated carbocycles. The number of rotatable bonds is 4. The van der Waals surface area contributed by atoms with Crippen LogP contribution in [0, 0.1) is 0 Å². The Kier molecular flexibility index (Phi) is 4.71. The molecular weight excluding hydrogens is 374 g/mol. The maximum atomic E-state index is 12.6. The van der Waals surface area contributed by atoms with Crippen LogP contribution in [-0.4, -0.2) is 32.7 Å². The van der Waals surface area contributed by atoms with E-state index in [1.807, 2.05) is 30.3 Å². The van der Waals surface area contributed by atoms with Gasteiger partial charge in [-0.25, -0.2) is 4.79 Å². The number of nitrogens with zero attached hydrogens (tertiary/aromatic N) is 1. The molecule has 0 aliphatic heterocycles. The van der Waals surface area contributed by atoms with Gasteiger partial charge in [-0.2, -0.15) is 5.10 Å². The van der Waals surface area contributed by atoms with Crippen molar-refractivity contribution in [2.45, 2.75) is 37.6 Å². The van der Waals surface area contributed by atoms with Gasteiger partial charge in [0.15, 0.2) is 0 Å². The lowest BCUT2D eigenvalue weighted by Crippen LogP contribution is -2.55. The number of carbonyl (C=O) groups is 2. The van der Waals surface area contributed by atoms with Gasteiger partial charge in [0, 0.05) is 5.56 Å². The lowest BCUT2D eigenvalue weighted by atomic mass is 9.81. The Morgan fingerprint density at radius 1 is 1.17 bits per heavy atom. The van der Waals surface area contributed by atoms with Crippen molar-refractivity contribution in [3.8, 4) is 11.3 Å². The minimum absolute atomic E-state index is 0.236. The molecule has 2 aromatic rings. The number of benzene rings is 1. The summed E-state index contributed by atoms with van der Waals surface area (Å²) in [6.07, 6.45) is 3.49. The first-order chi connectivity index (χ1) is 11.5. The predicted octanol–water partition coefficient (Wildman–Crippen LogP) is 3.36. The Bertz CT molecular complexity index is 752. The van der Waals surface area contributed by atoms with E-state index in [1.165, 1.54) is 0 Å². The Hall–Kier alpha value is -2.15. The Balaban J connectivity index is 1.85. The van der Waals surface area contributed by atoms with Gasteiger partial charge in [0.25, 0.3) is 5.91 Å². The average molecular weight is 392 g/mol. The molecule has 1 heterocycles. The van der Waals surface area contributed by atoms with Crippen LogP contribution in [0.5, 0.6) is 0 Å².